The van der Waals surface area contributed by atoms with Crippen molar-refractivity contribution in [2.75, 3.05) is 11.5 Å². The van der Waals surface area contributed by atoms with E-state index in [0.29, 0.717) is 24.0 Å². The summed E-state index contributed by atoms with van der Waals surface area (Å²) < 4.78 is 22.7. The third kappa shape index (κ3) is 2.44. The highest BCUT2D eigenvalue weighted by Crippen LogP contribution is 2.31. The monoisotopic (exact) mass is 239 g/mol. The number of sulfone groups is 1. The summed E-state index contributed by atoms with van der Waals surface area (Å²) in [6, 6.07) is 8.08. The second-order valence-electron chi connectivity index (χ2n) is 4.33. The van der Waals surface area contributed by atoms with Crippen LogP contribution in [0.4, 0.5) is 0 Å². The van der Waals surface area contributed by atoms with Crippen molar-refractivity contribution in [3.8, 4) is 0 Å². The first-order valence-electron chi connectivity index (χ1n) is 5.61. The minimum Gasteiger partial charge on any atom is -0.326 e. The van der Waals surface area contributed by atoms with Gasteiger partial charge in [0.2, 0.25) is 0 Å². The second-order valence-corrected chi connectivity index (χ2v) is 6.63. The van der Waals surface area contributed by atoms with Crippen molar-refractivity contribution in [2.24, 2.45) is 5.73 Å². The van der Waals surface area contributed by atoms with Crippen LogP contribution in [0.2, 0.25) is 0 Å². The molecule has 1 saturated heterocycles. The average Bonchev–Trinajstić information content (AvgIpc) is 2.29. The van der Waals surface area contributed by atoms with Crippen LogP contribution in [0.1, 0.15) is 29.9 Å². The van der Waals surface area contributed by atoms with Gasteiger partial charge in [-0.15, -0.1) is 0 Å². The molecule has 88 valence electrons. The Morgan fingerprint density at radius 3 is 2.44 bits per heavy atom. The van der Waals surface area contributed by atoms with E-state index in [1.807, 2.05) is 18.2 Å². The maximum absolute atomic E-state index is 11.4. The van der Waals surface area contributed by atoms with Gasteiger partial charge >= 0.3 is 0 Å². The molecule has 0 aliphatic carbocycles. The van der Waals surface area contributed by atoms with Gasteiger partial charge in [-0.2, -0.15) is 0 Å². The topological polar surface area (TPSA) is 60.2 Å². The lowest BCUT2D eigenvalue weighted by Gasteiger charge is -2.24. The predicted octanol–water partition coefficient (Wildman–Crippen LogP) is 1.44. The maximum Gasteiger partial charge on any atom is 0.150 e. The smallest absolute Gasteiger partial charge is 0.150 e. The third-order valence-electron chi connectivity index (χ3n) is 3.27. The first-order chi connectivity index (χ1) is 7.62. The Hall–Kier alpha value is -0.870. The fourth-order valence-electron chi connectivity index (χ4n) is 2.32. The molecule has 1 aromatic rings. The molecule has 0 amide bonds. The van der Waals surface area contributed by atoms with Gasteiger partial charge in [0.15, 0.2) is 0 Å². The summed E-state index contributed by atoms with van der Waals surface area (Å²) in [5.74, 6) is 0.996. The normalized spacial score (nSPS) is 20.8. The summed E-state index contributed by atoms with van der Waals surface area (Å²) >= 11 is 0. The number of hydrogen-bond donors (Lipinski definition) is 1. The predicted molar refractivity (Wildman–Crippen MR) is 65.0 cm³/mol. The molecule has 0 spiro atoms. The van der Waals surface area contributed by atoms with Gasteiger partial charge in [-0.3, -0.25) is 0 Å². The van der Waals surface area contributed by atoms with Gasteiger partial charge in [-0.25, -0.2) is 8.42 Å². The van der Waals surface area contributed by atoms with Crippen molar-refractivity contribution in [2.45, 2.75) is 25.3 Å². The van der Waals surface area contributed by atoms with Crippen molar-refractivity contribution in [3.63, 3.8) is 0 Å². The van der Waals surface area contributed by atoms with Crippen LogP contribution in [-0.4, -0.2) is 19.9 Å². The van der Waals surface area contributed by atoms with E-state index in [9.17, 15) is 8.42 Å². The summed E-state index contributed by atoms with van der Waals surface area (Å²) in [6.45, 7) is 0.527. The molecule has 0 bridgehead atoms. The first kappa shape index (κ1) is 11.6. The molecule has 0 unspecified atom stereocenters. The van der Waals surface area contributed by atoms with Crippen molar-refractivity contribution in [3.05, 3.63) is 35.4 Å². The number of nitrogens with two attached hydrogens (primary N) is 1. The maximum atomic E-state index is 11.4. The Kier molecular flexibility index (Phi) is 3.30. The Morgan fingerprint density at radius 2 is 1.81 bits per heavy atom. The molecule has 4 heteroatoms. The third-order valence-corrected chi connectivity index (χ3v) is 4.98. The number of hydrogen-bond acceptors (Lipinski definition) is 3. The Labute approximate surface area is 96.6 Å². The van der Waals surface area contributed by atoms with Gasteiger partial charge in [0.1, 0.15) is 9.84 Å². The van der Waals surface area contributed by atoms with Crippen LogP contribution in [0.5, 0.6) is 0 Å². The summed E-state index contributed by atoms with van der Waals surface area (Å²) in [4.78, 5) is 0. The summed E-state index contributed by atoms with van der Waals surface area (Å²) in [7, 11) is -2.77. The standard InChI is InChI=1S/C12H17NO2S/c13-9-11-3-1-2-4-12(11)10-5-7-16(14,15)8-6-10/h1-4,10H,5-9,13H2. The molecule has 2 rings (SSSR count). The van der Waals surface area contributed by atoms with Gasteiger partial charge in [-0.1, -0.05) is 24.3 Å². The van der Waals surface area contributed by atoms with E-state index in [1.165, 1.54) is 5.56 Å². The lowest BCUT2D eigenvalue weighted by atomic mass is 9.90. The molecule has 1 aromatic carbocycles. The SMILES string of the molecule is NCc1ccccc1C1CCS(=O)(=O)CC1. The Balaban J connectivity index is 2.20. The zero-order valence-electron chi connectivity index (χ0n) is 9.22. The van der Waals surface area contributed by atoms with Crippen LogP contribution >= 0.6 is 0 Å². The highest BCUT2D eigenvalue weighted by Gasteiger charge is 2.25. The van der Waals surface area contributed by atoms with Crippen LogP contribution in [-0.2, 0) is 16.4 Å². The molecule has 1 aliphatic heterocycles. The van der Waals surface area contributed by atoms with Gasteiger partial charge in [0.05, 0.1) is 11.5 Å². The molecule has 0 radical (unpaired) electrons. The number of benzene rings is 1. The molecule has 0 saturated carbocycles. The Morgan fingerprint density at radius 1 is 1.19 bits per heavy atom. The summed E-state index contributed by atoms with van der Waals surface area (Å²) in [5, 5.41) is 0. The lowest BCUT2D eigenvalue weighted by Crippen LogP contribution is -2.23. The van der Waals surface area contributed by atoms with Crippen molar-refractivity contribution >= 4 is 9.84 Å². The highest BCUT2D eigenvalue weighted by atomic mass is 32.2. The zero-order chi connectivity index (χ0) is 11.6. The molecular formula is C12H17NO2S. The minimum absolute atomic E-state index is 0.316. The van der Waals surface area contributed by atoms with E-state index >= 15 is 0 Å². The van der Waals surface area contributed by atoms with E-state index in [-0.39, 0.29) is 0 Å². The van der Waals surface area contributed by atoms with Crippen molar-refractivity contribution in [1.82, 2.24) is 0 Å². The van der Waals surface area contributed by atoms with E-state index < -0.39 is 9.84 Å². The zero-order valence-corrected chi connectivity index (χ0v) is 10.0. The van der Waals surface area contributed by atoms with Crippen LogP contribution in [0.25, 0.3) is 0 Å². The first-order valence-corrected chi connectivity index (χ1v) is 7.43. The van der Waals surface area contributed by atoms with Crippen LogP contribution in [0, 0.1) is 0 Å². The molecule has 1 fully saturated rings. The average molecular weight is 239 g/mol. The summed E-state index contributed by atoms with van der Waals surface area (Å²) in [6.07, 6.45) is 1.47. The molecular weight excluding hydrogens is 222 g/mol. The fraction of sp³-hybridized carbons (Fsp3) is 0.500. The van der Waals surface area contributed by atoms with Crippen LogP contribution in [0.15, 0.2) is 24.3 Å². The van der Waals surface area contributed by atoms with E-state index in [1.54, 1.807) is 0 Å². The van der Waals surface area contributed by atoms with Crippen molar-refractivity contribution in [1.29, 1.82) is 0 Å². The lowest BCUT2D eigenvalue weighted by molar-refractivity contribution is 0.548. The van der Waals surface area contributed by atoms with Crippen LogP contribution in [0.3, 0.4) is 0 Å². The quantitative estimate of drug-likeness (QED) is 0.849. The van der Waals surface area contributed by atoms with Gasteiger partial charge < -0.3 is 5.73 Å². The molecule has 1 aliphatic rings. The molecule has 16 heavy (non-hydrogen) atoms. The molecule has 0 atom stereocenters. The van der Waals surface area contributed by atoms with Crippen LogP contribution < -0.4 is 5.73 Å². The Bertz CT molecular complexity index is 454. The molecule has 0 aromatic heterocycles. The fourth-order valence-corrected chi connectivity index (χ4v) is 3.81. The van der Waals surface area contributed by atoms with Gasteiger partial charge in [-0.05, 0) is 29.9 Å². The van der Waals surface area contributed by atoms with Gasteiger partial charge in [0, 0.05) is 6.54 Å². The second kappa shape index (κ2) is 4.55. The van der Waals surface area contributed by atoms with E-state index in [2.05, 4.69) is 6.07 Å². The van der Waals surface area contributed by atoms with Gasteiger partial charge in [0.25, 0.3) is 0 Å². The van der Waals surface area contributed by atoms with E-state index in [0.717, 1.165) is 18.4 Å². The van der Waals surface area contributed by atoms with Crippen molar-refractivity contribution < 1.29 is 8.42 Å². The van der Waals surface area contributed by atoms with E-state index in [4.69, 9.17) is 5.73 Å². The highest BCUT2D eigenvalue weighted by molar-refractivity contribution is 7.91. The molecule has 3 nitrogen and oxygen atoms in total. The minimum atomic E-state index is -2.77. The molecule has 1 heterocycles. The largest absolute Gasteiger partial charge is 0.326 e. The molecule has 2 N–H and O–H groups in total. The number of rotatable bonds is 2. The summed E-state index contributed by atoms with van der Waals surface area (Å²) in [5.41, 5.74) is 8.07.